The van der Waals surface area contributed by atoms with Gasteiger partial charge in [0, 0.05) is 13.0 Å². The summed E-state index contributed by atoms with van der Waals surface area (Å²) in [5, 5.41) is 6.08. The maximum absolute atomic E-state index is 13.9. The van der Waals surface area contributed by atoms with Crippen LogP contribution < -0.4 is 15.5 Å². The molecule has 2 fully saturated rings. The fourth-order valence-corrected chi connectivity index (χ4v) is 3.86. The minimum Gasteiger partial charge on any atom is -0.344 e. The molecule has 27 heavy (non-hydrogen) atoms. The zero-order valence-electron chi connectivity index (χ0n) is 15.3. The van der Waals surface area contributed by atoms with E-state index in [1.807, 2.05) is 0 Å². The van der Waals surface area contributed by atoms with E-state index in [1.54, 1.807) is 0 Å². The van der Waals surface area contributed by atoms with Gasteiger partial charge in [0.25, 0.3) is 0 Å². The highest BCUT2D eigenvalue weighted by molar-refractivity contribution is 6.01. The normalized spacial score (nSPS) is 23.7. The van der Waals surface area contributed by atoms with Gasteiger partial charge in [-0.05, 0) is 56.3 Å². The number of nitrogens with one attached hydrogen (secondary N) is 2. The maximum atomic E-state index is 13.9. The molecule has 8 heteroatoms. The number of anilines is 1. The lowest BCUT2D eigenvalue weighted by molar-refractivity contribution is -0.127. The summed E-state index contributed by atoms with van der Waals surface area (Å²) >= 11 is 0. The monoisotopic (exact) mass is 401 g/mol. The topological polar surface area (TPSA) is 61.4 Å². The molecule has 150 valence electrons. The van der Waals surface area contributed by atoms with Crippen LogP contribution in [0, 0.1) is 23.5 Å². The van der Waals surface area contributed by atoms with Crippen LogP contribution in [0.4, 0.5) is 14.5 Å². The largest absolute Gasteiger partial charge is 0.344 e. The number of amides is 2. The first-order chi connectivity index (χ1) is 12.5. The van der Waals surface area contributed by atoms with E-state index in [0.717, 1.165) is 43.0 Å². The molecule has 0 radical (unpaired) electrons. The summed E-state index contributed by atoms with van der Waals surface area (Å²) in [5.41, 5.74) is -0.337. The molecule has 0 bridgehead atoms. The van der Waals surface area contributed by atoms with Crippen molar-refractivity contribution in [1.82, 2.24) is 10.6 Å². The second kappa shape index (κ2) is 9.46. The Bertz CT molecular complexity index is 663. The molecule has 1 aromatic rings. The Morgan fingerprint density at radius 1 is 1.33 bits per heavy atom. The number of piperidine rings is 1. The Labute approximate surface area is 164 Å². The number of hydrogen-bond donors (Lipinski definition) is 2. The van der Waals surface area contributed by atoms with Crippen LogP contribution >= 0.6 is 12.4 Å². The van der Waals surface area contributed by atoms with Crippen LogP contribution in [0.3, 0.4) is 0 Å². The maximum Gasteiger partial charge on any atom is 0.249 e. The molecule has 3 atom stereocenters. The van der Waals surface area contributed by atoms with Crippen LogP contribution in [0.25, 0.3) is 0 Å². The van der Waals surface area contributed by atoms with Crippen LogP contribution in [-0.2, 0) is 9.59 Å². The van der Waals surface area contributed by atoms with Gasteiger partial charge in [-0.2, -0.15) is 0 Å². The summed E-state index contributed by atoms with van der Waals surface area (Å²) < 4.78 is 27.8. The molecular formula is C19H26ClF2N3O2. The molecule has 2 N–H and O–H groups in total. The van der Waals surface area contributed by atoms with E-state index in [1.165, 1.54) is 6.07 Å². The number of halogens is 3. The van der Waals surface area contributed by atoms with Crippen LogP contribution in [-0.4, -0.2) is 37.5 Å². The number of hydrogen-bond acceptors (Lipinski definition) is 3. The van der Waals surface area contributed by atoms with E-state index in [9.17, 15) is 18.4 Å². The summed E-state index contributed by atoms with van der Waals surface area (Å²) in [5.74, 6) is -1.52. The van der Waals surface area contributed by atoms with Crippen molar-refractivity contribution in [2.24, 2.45) is 11.8 Å². The molecule has 2 aliphatic rings. The Kier molecular flexibility index (Phi) is 7.56. The van der Waals surface area contributed by atoms with Gasteiger partial charge in [-0.1, -0.05) is 13.0 Å². The number of carbonyl (C=O) groups is 2. The van der Waals surface area contributed by atoms with Gasteiger partial charge in [0.1, 0.15) is 23.4 Å². The van der Waals surface area contributed by atoms with E-state index >= 15 is 0 Å². The fraction of sp³-hybridized carbons (Fsp3) is 0.579. The lowest BCUT2D eigenvalue weighted by atomic mass is 9.85. The summed E-state index contributed by atoms with van der Waals surface area (Å²) in [6.45, 7) is 4.17. The van der Waals surface area contributed by atoms with Gasteiger partial charge in [0.15, 0.2) is 0 Å². The zero-order valence-corrected chi connectivity index (χ0v) is 16.2. The predicted octanol–water partition coefficient (Wildman–Crippen LogP) is 2.63. The molecule has 3 rings (SSSR count). The summed E-state index contributed by atoms with van der Waals surface area (Å²) in [6, 6.07) is 2.78. The molecule has 0 aromatic heterocycles. The van der Waals surface area contributed by atoms with Crippen LogP contribution in [0.2, 0.25) is 0 Å². The molecule has 0 saturated carbocycles. The molecule has 2 saturated heterocycles. The Balaban J connectivity index is 0.00000261. The Morgan fingerprint density at radius 3 is 2.67 bits per heavy atom. The van der Waals surface area contributed by atoms with Gasteiger partial charge in [-0.3, -0.25) is 9.59 Å². The standard InChI is InChI=1S/C19H25F2N3O2.ClH/c1-12(13-4-3-8-22-11-13)10-17(25)23-16-7-9-24(19(16)26)18-14(20)5-2-6-15(18)21;/h2,5-6,12-13,16,22H,3-4,7-11H2,1H3,(H,23,25);1H. The van der Waals surface area contributed by atoms with Crippen molar-refractivity contribution >= 4 is 29.9 Å². The zero-order chi connectivity index (χ0) is 18.7. The summed E-state index contributed by atoms with van der Waals surface area (Å²) in [6.07, 6.45) is 2.91. The molecule has 5 nitrogen and oxygen atoms in total. The molecule has 2 heterocycles. The Morgan fingerprint density at radius 2 is 2.04 bits per heavy atom. The average Bonchev–Trinajstić information content (AvgIpc) is 2.96. The molecule has 1 aromatic carbocycles. The number of para-hydroxylation sites is 1. The fourth-order valence-electron chi connectivity index (χ4n) is 3.86. The van der Waals surface area contributed by atoms with Gasteiger partial charge in [-0.25, -0.2) is 8.78 Å². The Hall–Kier alpha value is -1.73. The van der Waals surface area contributed by atoms with Crippen LogP contribution in [0.15, 0.2) is 18.2 Å². The lowest BCUT2D eigenvalue weighted by Gasteiger charge is -2.28. The molecule has 2 aliphatic heterocycles. The lowest BCUT2D eigenvalue weighted by Crippen LogP contribution is -2.43. The van der Waals surface area contributed by atoms with Crippen molar-refractivity contribution in [3.05, 3.63) is 29.8 Å². The molecule has 2 amide bonds. The van der Waals surface area contributed by atoms with E-state index in [-0.39, 0.29) is 36.5 Å². The minimum atomic E-state index is -0.774. The van der Waals surface area contributed by atoms with E-state index in [2.05, 4.69) is 17.6 Å². The minimum absolute atomic E-state index is 0. The SMILES string of the molecule is CC(CC(=O)NC1CCN(c2c(F)cccc2F)C1=O)C1CCCNC1.Cl. The average molecular weight is 402 g/mol. The number of benzene rings is 1. The molecular weight excluding hydrogens is 376 g/mol. The van der Waals surface area contributed by atoms with Gasteiger partial charge < -0.3 is 15.5 Å². The van der Waals surface area contributed by atoms with Crippen molar-refractivity contribution in [2.75, 3.05) is 24.5 Å². The second-order valence-electron chi connectivity index (χ2n) is 7.26. The third-order valence-electron chi connectivity index (χ3n) is 5.40. The molecule has 0 spiro atoms. The highest BCUT2D eigenvalue weighted by Crippen LogP contribution is 2.28. The van der Waals surface area contributed by atoms with Crippen LogP contribution in [0.5, 0.6) is 0 Å². The van der Waals surface area contributed by atoms with Gasteiger partial charge in [0.05, 0.1) is 0 Å². The van der Waals surface area contributed by atoms with Crippen molar-refractivity contribution in [3.8, 4) is 0 Å². The van der Waals surface area contributed by atoms with Crippen molar-refractivity contribution < 1.29 is 18.4 Å². The third-order valence-corrected chi connectivity index (χ3v) is 5.40. The number of nitrogens with zero attached hydrogens (tertiary/aromatic N) is 1. The number of carbonyl (C=O) groups excluding carboxylic acids is 2. The van der Waals surface area contributed by atoms with E-state index in [0.29, 0.717) is 18.8 Å². The first-order valence-electron chi connectivity index (χ1n) is 9.23. The van der Waals surface area contributed by atoms with Gasteiger partial charge in [-0.15, -0.1) is 12.4 Å². The summed E-state index contributed by atoms with van der Waals surface area (Å²) in [7, 11) is 0. The smallest absolute Gasteiger partial charge is 0.249 e. The van der Waals surface area contributed by atoms with Crippen molar-refractivity contribution in [3.63, 3.8) is 0 Å². The highest BCUT2D eigenvalue weighted by Gasteiger charge is 2.36. The van der Waals surface area contributed by atoms with Gasteiger partial charge in [0.2, 0.25) is 11.8 Å². The van der Waals surface area contributed by atoms with Gasteiger partial charge >= 0.3 is 0 Å². The van der Waals surface area contributed by atoms with Crippen molar-refractivity contribution in [2.45, 2.75) is 38.6 Å². The number of rotatable bonds is 5. The third kappa shape index (κ3) is 4.96. The van der Waals surface area contributed by atoms with Crippen LogP contribution in [0.1, 0.15) is 32.6 Å². The second-order valence-corrected chi connectivity index (χ2v) is 7.26. The summed E-state index contributed by atoms with van der Waals surface area (Å²) in [4.78, 5) is 25.9. The van der Waals surface area contributed by atoms with E-state index in [4.69, 9.17) is 0 Å². The highest BCUT2D eigenvalue weighted by atomic mass is 35.5. The molecule has 3 unspecified atom stereocenters. The predicted molar refractivity (Wildman–Crippen MR) is 102 cm³/mol. The first-order valence-corrected chi connectivity index (χ1v) is 9.23. The van der Waals surface area contributed by atoms with Crippen molar-refractivity contribution in [1.29, 1.82) is 0 Å². The first kappa shape index (κ1) is 21.6. The molecule has 0 aliphatic carbocycles. The van der Waals surface area contributed by atoms with E-state index < -0.39 is 23.6 Å². The quantitative estimate of drug-likeness (QED) is 0.797.